The molecule has 2 bridgehead atoms. The number of aliphatic hydroxyl groups excluding tert-OH is 1. The summed E-state index contributed by atoms with van der Waals surface area (Å²) in [6.07, 6.45) is 10.0. The van der Waals surface area contributed by atoms with Gasteiger partial charge in [0.1, 0.15) is 11.9 Å². The van der Waals surface area contributed by atoms with Gasteiger partial charge in [-0.15, -0.1) is 0 Å². The molecule has 0 radical (unpaired) electrons. The lowest BCUT2D eigenvalue weighted by Crippen LogP contribution is -2.36. The zero-order chi connectivity index (χ0) is 20.1. The van der Waals surface area contributed by atoms with Crippen molar-refractivity contribution in [1.82, 2.24) is 0 Å². The van der Waals surface area contributed by atoms with Crippen LogP contribution >= 0.6 is 0 Å². The Hall–Kier alpha value is -2.20. The smallest absolute Gasteiger partial charge is 0.309 e. The molecule has 3 nitrogen and oxygen atoms in total. The highest BCUT2D eigenvalue weighted by Crippen LogP contribution is 2.59. The summed E-state index contributed by atoms with van der Waals surface area (Å²) in [5.74, 6) is -0.558. The highest BCUT2D eigenvalue weighted by Gasteiger charge is 2.45. The topological polar surface area (TPSA) is 46.5 Å². The molecule has 1 fully saturated rings. The van der Waals surface area contributed by atoms with E-state index in [1.807, 2.05) is 18.2 Å². The van der Waals surface area contributed by atoms with Crippen molar-refractivity contribution in [1.29, 1.82) is 0 Å². The molecule has 1 aliphatic heterocycles. The number of hydrogen-bond donors (Lipinski definition) is 1. The van der Waals surface area contributed by atoms with Crippen LogP contribution in [0.3, 0.4) is 0 Å². The third-order valence-corrected chi connectivity index (χ3v) is 6.55. The van der Waals surface area contributed by atoms with Gasteiger partial charge in [-0.2, -0.15) is 0 Å². The number of aryl methyl sites for hydroxylation is 1. The third-order valence-electron chi connectivity index (χ3n) is 6.55. The number of esters is 1. The Morgan fingerprint density at radius 2 is 1.93 bits per heavy atom. The van der Waals surface area contributed by atoms with E-state index in [2.05, 4.69) is 32.1 Å². The molecular formula is C24H27FO3. The summed E-state index contributed by atoms with van der Waals surface area (Å²) in [4.78, 5) is 11.7. The zero-order valence-electron chi connectivity index (χ0n) is 16.7. The molecule has 1 saturated heterocycles. The number of halogens is 1. The predicted octanol–water partition coefficient (Wildman–Crippen LogP) is 4.89. The normalized spacial score (nSPS) is 35.0. The number of hydrogen-bond acceptors (Lipinski definition) is 3. The molecule has 0 spiro atoms. The highest BCUT2D eigenvalue weighted by atomic mass is 19.1. The van der Waals surface area contributed by atoms with E-state index in [9.17, 15) is 14.3 Å². The van der Waals surface area contributed by atoms with Crippen molar-refractivity contribution in [3.63, 3.8) is 0 Å². The average Bonchev–Trinajstić information content (AvgIpc) is 2.63. The molecular weight excluding hydrogens is 355 g/mol. The Kier molecular flexibility index (Phi) is 4.58. The molecule has 0 saturated carbocycles. The summed E-state index contributed by atoms with van der Waals surface area (Å²) in [6, 6.07) is 5.32. The van der Waals surface area contributed by atoms with Crippen molar-refractivity contribution in [2.24, 2.45) is 10.8 Å². The number of ether oxygens (including phenoxy) is 1. The van der Waals surface area contributed by atoms with Gasteiger partial charge >= 0.3 is 5.97 Å². The number of rotatable bonds is 3. The fraction of sp³-hybridized carbons (Fsp3) is 0.458. The van der Waals surface area contributed by atoms with Gasteiger partial charge in [0, 0.05) is 17.3 Å². The fourth-order valence-corrected chi connectivity index (χ4v) is 4.77. The zero-order valence-corrected chi connectivity index (χ0v) is 16.7. The van der Waals surface area contributed by atoms with Crippen LogP contribution in [-0.4, -0.2) is 23.3 Å². The molecule has 28 heavy (non-hydrogen) atoms. The van der Waals surface area contributed by atoms with Gasteiger partial charge in [-0.05, 0) is 60.2 Å². The Balaban J connectivity index is 1.79. The van der Waals surface area contributed by atoms with E-state index in [1.54, 1.807) is 6.92 Å². The second-order valence-corrected chi connectivity index (χ2v) is 8.90. The number of carbonyl (C=O) groups excluding carboxylic acids is 1. The molecule has 1 aromatic rings. The maximum absolute atomic E-state index is 13.9. The van der Waals surface area contributed by atoms with Gasteiger partial charge in [0.25, 0.3) is 0 Å². The van der Waals surface area contributed by atoms with Crippen molar-refractivity contribution < 1.29 is 19.0 Å². The van der Waals surface area contributed by atoms with E-state index < -0.39 is 12.2 Å². The van der Waals surface area contributed by atoms with Crippen LogP contribution in [0.15, 0.2) is 48.1 Å². The van der Waals surface area contributed by atoms with Gasteiger partial charge in [-0.25, -0.2) is 4.39 Å². The molecule has 0 aromatic heterocycles. The van der Waals surface area contributed by atoms with E-state index in [1.165, 1.54) is 17.2 Å². The van der Waals surface area contributed by atoms with Gasteiger partial charge in [0.05, 0.1) is 12.5 Å². The highest BCUT2D eigenvalue weighted by molar-refractivity contribution is 5.81. The summed E-state index contributed by atoms with van der Waals surface area (Å²) < 4.78 is 19.3. The quantitative estimate of drug-likeness (QED) is 0.598. The maximum atomic E-state index is 13.9. The van der Waals surface area contributed by atoms with E-state index in [-0.39, 0.29) is 29.0 Å². The Morgan fingerprint density at radius 1 is 1.21 bits per heavy atom. The second kappa shape index (κ2) is 6.70. The Labute approximate surface area is 165 Å². The van der Waals surface area contributed by atoms with Crippen LogP contribution in [0.25, 0.3) is 5.57 Å². The van der Waals surface area contributed by atoms with Crippen LogP contribution in [0.1, 0.15) is 50.7 Å². The lowest BCUT2D eigenvalue weighted by molar-refractivity contribution is -0.156. The first-order valence-electron chi connectivity index (χ1n) is 9.98. The molecule has 148 valence electrons. The number of carbonyl (C=O) groups is 1. The van der Waals surface area contributed by atoms with Crippen LogP contribution in [0, 0.1) is 23.6 Å². The molecule has 0 amide bonds. The van der Waals surface area contributed by atoms with Gasteiger partial charge in [-0.3, -0.25) is 4.79 Å². The number of benzene rings is 1. The molecule has 3 aliphatic carbocycles. The SMILES string of the molecule is Cc1cc(C2=C(/C=C/[C@H]3C[C@H](O)CC(=O)O3)C3(C)C=CC2(C)CC3)ccc1F. The minimum Gasteiger partial charge on any atom is -0.458 e. The summed E-state index contributed by atoms with van der Waals surface area (Å²) in [5, 5.41) is 9.88. The number of aliphatic hydroxyl groups is 1. The summed E-state index contributed by atoms with van der Waals surface area (Å²) in [6.45, 7) is 6.24. The summed E-state index contributed by atoms with van der Waals surface area (Å²) in [7, 11) is 0. The van der Waals surface area contributed by atoms with Crippen LogP contribution in [0.2, 0.25) is 0 Å². The minimum atomic E-state index is -0.653. The summed E-state index contributed by atoms with van der Waals surface area (Å²) >= 11 is 0. The minimum absolute atomic E-state index is 0.0612. The number of cyclic esters (lactones) is 1. The van der Waals surface area contributed by atoms with E-state index in [4.69, 9.17) is 4.74 Å². The van der Waals surface area contributed by atoms with E-state index >= 15 is 0 Å². The lowest BCUT2D eigenvalue weighted by atomic mass is 9.55. The lowest BCUT2D eigenvalue weighted by Gasteiger charge is -2.48. The first-order valence-corrected chi connectivity index (χ1v) is 9.98. The van der Waals surface area contributed by atoms with Crippen molar-refractivity contribution in [2.75, 3.05) is 0 Å². The van der Waals surface area contributed by atoms with Crippen molar-refractivity contribution in [2.45, 2.75) is 58.7 Å². The molecule has 1 aromatic carbocycles. The standard InChI is InChI=1S/C24H27FO3/c1-15-12-16(4-7-20(15)25)22-19(23(2)8-10-24(22,3)11-9-23)6-5-18-13-17(26)14-21(27)28-18/h4-8,10,12,17-18,26H,9,11,13-14H2,1-3H3/b6-5+/t17-,18-,23?,24?/m0/s1. The van der Waals surface area contributed by atoms with Crippen molar-refractivity contribution in [3.05, 3.63) is 65.0 Å². The Bertz CT molecular complexity index is 912. The predicted molar refractivity (Wildman–Crippen MR) is 107 cm³/mol. The van der Waals surface area contributed by atoms with Crippen LogP contribution < -0.4 is 0 Å². The van der Waals surface area contributed by atoms with Crippen LogP contribution in [0.4, 0.5) is 4.39 Å². The maximum Gasteiger partial charge on any atom is 0.309 e. The monoisotopic (exact) mass is 382 g/mol. The first kappa shape index (κ1) is 19.1. The summed E-state index contributed by atoms with van der Waals surface area (Å²) in [5.41, 5.74) is 3.86. The molecule has 2 unspecified atom stereocenters. The molecule has 4 atom stereocenters. The first-order chi connectivity index (χ1) is 13.2. The molecule has 4 heteroatoms. The van der Waals surface area contributed by atoms with Crippen LogP contribution in [0.5, 0.6) is 0 Å². The van der Waals surface area contributed by atoms with Crippen LogP contribution in [-0.2, 0) is 9.53 Å². The molecule has 4 aliphatic rings. The fourth-order valence-electron chi connectivity index (χ4n) is 4.77. The number of fused-ring (bicyclic) bond motifs is 1. The largest absolute Gasteiger partial charge is 0.458 e. The van der Waals surface area contributed by atoms with E-state index in [0.717, 1.165) is 18.4 Å². The van der Waals surface area contributed by atoms with Gasteiger partial charge < -0.3 is 9.84 Å². The Morgan fingerprint density at radius 3 is 2.57 bits per heavy atom. The number of allylic oxidation sites excluding steroid dienone is 5. The molecule has 1 N–H and O–H groups in total. The average molecular weight is 382 g/mol. The van der Waals surface area contributed by atoms with Crippen molar-refractivity contribution >= 4 is 11.5 Å². The van der Waals surface area contributed by atoms with Gasteiger partial charge in [0.15, 0.2) is 0 Å². The van der Waals surface area contributed by atoms with Crippen molar-refractivity contribution in [3.8, 4) is 0 Å². The van der Waals surface area contributed by atoms with Gasteiger partial charge in [0.2, 0.25) is 0 Å². The third kappa shape index (κ3) is 3.24. The molecule has 1 heterocycles. The van der Waals surface area contributed by atoms with Gasteiger partial charge in [-0.1, -0.05) is 38.1 Å². The second-order valence-electron chi connectivity index (χ2n) is 8.90. The molecule has 5 rings (SSSR count). The van der Waals surface area contributed by atoms with E-state index in [0.29, 0.717) is 12.0 Å².